The van der Waals surface area contributed by atoms with Gasteiger partial charge >= 0.3 is 11.8 Å². The number of carbonyl (C=O) groups is 3. The zero-order valence-electron chi connectivity index (χ0n) is 9.39. The van der Waals surface area contributed by atoms with Crippen molar-refractivity contribution in [2.75, 3.05) is 27.2 Å². The van der Waals surface area contributed by atoms with Gasteiger partial charge in [-0.2, -0.15) is 0 Å². The number of hydrogen-bond acceptors (Lipinski definition) is 4. The Morgan fingerprint density at radius 1 is 1.25 bits per heavy atom. The second kappa shape index (κ2) is 4.56. The van der Waals surface area contributed by atoms with E-state index in [0.29, 0.717) is 6.54 Å². The van der Waals surface area contributed by atoms with Crippen LogP contribution in [0.1, 0.15) is 6.92 Å². The third kappa shape index (κ3) is 2.04. The molecule has 0 N–H and O–H groups in total. The van der Waals surface area contributed by atoms with Gasteiger partial charge in [-0.05, 0) is 19.1 Å². The highest BCUT2D eigenvalue weighted by Gasteiger charge is 2.41. The molecule has 1 heterocycles. The molecule has 0 aromatic heterocycles. The smallest absolute Gasteiger partial charge is 0.319 e. The van der Waals surface area contributed by atoms with Gasteiger partial charge in [-0.25, -0.2) is 0 Å². The Morgan fingerprint density at radius 2 is 1.75 bits per heavy atom. The number of rotatable bonds is 3. The zero-order valence-corrected chi connectivity index (χ0v) is 10.2. The summed E-state index contributed by atoms with van der Waals surface area (Å²) in [6.45, 7) is 1.86. The van der Waals surface area contributed by atoms with Gasteiger partial charge in [0.1, 0.15) is 6.54 Å². The minimum absolute atomic E-state index is 0.104. The first-order chi connectivity index (χ1) is 7.40. The predicted molar refractivity (Wildman–Crippen MR) is 60.4 cm³/mol. The molecule has 0 aromatic carbocycles. The van der Waals surface area contributed by atoms with Crippen LogP contribution in [0, 0.1) is 0 Å². The van der Waals surface area contributed by atoms with E-state index >= 15 is 0 Å². The lowest BCUT2D eigenvalue weighted by Gasteiger charge is -2.18. The van der Waals surface area contributed by atoms with Crippen molar-refractivity contribution in [3.05, 3.63) is 0 Å². The van der Waals surface area contributed by atoms with Crippen LogP contribution >= 0.6 is 12.2 Å². The van der Waals surface area contributed by atoms with E-state index in [0.717, 1.165) is 4.90 Å². The quantitative estimate of drug-likeness (QED) is 0.473. The van der Waals surface area contributed by atoms with Crippen molar-refractivity contribution in [1.29, 1.82) is 0 Å². The molecule has 0 radical (unpaired) electrons. The summed E-state index contributed by atoms with van der Waals surface area (Å²) in [6, 6.07) is 0. The fraction of sp³-hybridized carbons (Fsp3) is 0.556. The Bertz CT molecular complexity index is 367. The lowest BCUT2D eigenvalue weighted by Crippen LogP contribution is -2.40. The Labute approximate surface area is 98.8 Å². The van der Waals surface area contributed by atoms with Crippen molar-refractivity contribution in [1.82, 2.24) is 14.7 Å². The molecule has 1 fully saturated rings. The molecule has 16 heavy (non-hydrogen) atoms. The van der Waals surface area contributed by atoms with Gasteiger partial charge in [0.15, 0.2) is 5.11 Å². The number of hydrogen-bond donors (Lipinski definition) is 0. The van der Waals surface area contributed by atoms with E-state index in [1.807, 2.05) is 0 Å². The second-order valence-electron chi connectivity index (χ2n) is 3.51. The van der Waals surface area contributed by atoms with E-state index in [-0.39, 0.29) is 17.6 Å². The SMILES string of the molecule is CCN1C(=O)C(=O)N(CC(=O)N(C)C)C1=S. The van der Waals surface area contributed by atoms with Crippen molar-refractivity contribution in [3.8, 4) is 0 Å². The van der Waals surface area contributed by atoms with Gasteiger partial charge in [0, 0.05) is 20.6 Å². The molecule has 1 saturated heterocycles. The largest absolute Gasteiger partial charge is 0.347 e. The summed E-state index contributed by atoms with van der Waals surface area (Å²) >= 11 is 4.96. The van der Waals surface area contributed by atoms with Gasteiger partial charge in [-0.15, -0.1) is 0 Å². The summed E-state index contributed by atoms with van der Waals surface area (Å²) in [4.78, 5) is 37.9. The molecule has 7 heteroatoms. The van der Waals surface area contributed by atoms with Gasteiger partial charge in [-0.3, -0.25) is 24.2 Å². The van der Waals surface area contributed by atoms with Crippen LogP contribution < -0.4 is 0 Å². The van der Waals surface area contributed by atoms with Crippen LogP contribution in [0.15, 0.2) is 0 Å². The van der Waals surface area contributed by atoms with Crippen molar-refractivity contribution in [3.63, 3.8) is 0 Å². The Morgan fingerprint density at radius 3 is 2.12 bits per heavy atom. The van der Waals surface area contributed by atoms with E-state index in [9.17, 15) is 14.4 Å². The molecule has 0 aliphatic carbocycles. The van der Waals surface area contributed by atoms with Gasteiger partial charge in [-0.1, -0.05) is 0 Å². The summed E-state index contributed by atoms with van der Waals surface area (Å²) in [7, 11) is 3.15. The van der Waals surface area contributed by atoms with Crippen molar-refractivity contribution in [2.24, 2.45) is 0 Å². The summed E-state index contributed by atoms with van der Waals surface area (Å²) in [5.41, 5.74) is 0. The average Bonchev–Trinajstić information content (AvgIpc) is 2.42. The number of likely N-dealkylation sites (N-methyl/N-ethyl adjacent to an activating group) is 2. The summed E-state index contributed by atoms with van der Waals surface area (Å²) < 4.78 is 0. The lowest BCUT2D eigenvalue weighted by atomic mass is 10.4. The molecule has 0 unspecified atom stereocenters. The first-order valence-electron chi connectivity index (χ1n) is 4.77. The van der Waals surface area contributed by atoms with Crippen LogP contribution in [0.4, 0.5) is 0 Å². The molecule has 88 valence electrons. The minimum atomic E-state index is -0.734. The van der Waals surface area contributed by atoms with Crippen LogP contribution in [0.25, 0.3) is 0 Å². The van der Waals surface area contributed by atoms with E-state index in [2.05, 4.69) is 0 Å². The maximum atomic E-state index is 11.5. The molecular formula is C9H13N3O3S. The summed E-state index contributed by atoms with van der Waals surface area (Å²) in [6.07, 6.45) is 0. The molecule has 0 aromatic rings. The zero-order chi connectivity index (χ0) is 12.5. The molecular weight excluding hydrogens is 230 g/mol. The third-order valence-corrected chi connectivity index (χ3v) is 2.68. The maximum Gasteiger partial charge on any atom is 0.319 e. The summed E-state index contributed by atoms with van der Waals surface area (Å²) in [5, 5.41) is 0.104. The third-order valence-electron chi connectivity index (χ3n) is 2.24. The maximum absolute atomic E-state index is 11.5. The molecule has 1 aliphatic rings. The van der Waals surface area contributed by atoms with Gasteiger partial charge in [0.25, 0.3) is 0 Å². The fourth-order valence-corrected chi connectivity index (χ4v) is 1.60. The highest BCUT2D eigenvalue weighted by atomic mass is 32.1. The van der Waals surface area contributed by atoms with Crippen LogP contribution in [0.3, 0.4) is 0 Å². The highest BCUT2D eigenvalue weighted by Crippen LogP contribution is 2.11. The Kier molecular flexibility index (Phi) is 3.58. The number of nitrogens with zero attached hydrogens (tertiary/aromatic N) is 3. The van der Waals surface area contributed by atoms with Crippen LogP contribution in [-0.2, 0) is 14.4 Å². The van der Waals surface area contributed by atoms with E-state index in [1.165, 1.54) is 9.80 Å². The number of carbonyl (C=O) groups excluding carboxylic acids is 3. The summed E-state index contributed by atoms with van der Waals surface area (Å²) in [5.74, 6) is -1.68. The first kappa shape index (κ1) is 12.6. The molecule has 0 atom stereocenters. The van der Waals surface area contributed by atoms with Crippen LogP contribution in [0.2, 0.25) is 0 Å². The van der Waals surface area contributed by atoms with Gasteiger partial charge < -0.3 is 4.90 Å². The van der Waals surface area contributed by atoms with Crippen LogP contribution in [0.5, 0.6) is 0 Å². The molecule has 0 bridgehead atoms. The fourth-order valence-electron chi connectivity index (χ4n) is 1.25. The van der Waals surface area contributed by atoms with Crippen molar-refractivity contribution >= 4 is 35.1 Å². The first-order valence-corrected chi connectivity index (χ1v) is 5.18. The van der Waals surface area contributed by atoms with Crippen LogP contribution in [-0.4, -0.2) is 64.7 Å². The lowest BCUT2D eigenvalue weighted by molar-refractivity contribution is -0.144. The normalized spacial score (nSPS) is 16.1. The van der Waals surface area contributed by atoms with Gasteiger partial charge in [0.05, 0.1) is 0 Å². The molecule has 0 saturated carbocycles. The number of thiocarbonyl (C=S) groups is 1. The Balaban J connectivity index is 2.83. The molecule has 6 nitrogen and oxygen atoms in total. The minimum Gasteiger partial charge on any atom is -0.347 e. The molecule has 0 spiro atoms. The van der Waals surface area contributed by atoms with Crippen molar-refractivity contribution in [2.45, 2.75) is 6.92 Å². The highest BCUT2D eigenvalue weighted by molar-refractivity contribution is 7.80. The Hall–Kier alpha value is -1.50. The van der Waals surface area contributed by atoms with E-state index in [1.54, 1.807) is 21.0 Å². The second-order valence-corrected chi connectivity index (χ2v) is 3.88. The predicted octanol–water partition coefficient (Wildman–Crippen LogP) is -0.950. The number of amides is 3. The topological polar surface area (TPSA) is 60.9 Å². The average molecular weight is 243 g/mol. The van der Waals surface area contributed by atoms with E-state index < -0.39 is 11.8 Å². The molecule has 1 rings (SSSR count). The monoisotopic (exact) mass is 243 g/mol. The standard InChI is InChI=1S/C9H13N3O3S/c1-4-11-7(14)8(15)12(9(11)16)5-6(13)10(2)3/h4-5H2,1-3H3. The molecule has 3 amide bonds. The van der Waals surface area contributed by atoms with E-state index in [4.69, 9.17) is 12.2 Å². The van der Waals surface area contributed by atoms with Gasteiger partial charge in [0.2, 0.25) is 5.91 Å². The van der Waals surface area contributed by atoms with Crippen molar-refractivity contribution < 1.29 is 14.4 Å². The molecule has 1 aliphatic heterocycles.